The Kier molecular flexibility index (Phi) is 7.96. The Morgan fingerprint density at radius 2 is 1.79 bits per heavy atom. The molecule has 0 saturated heterocycles. The van der Waals surface area contributed by atoms with Gasteiger partial charge >= 0.3 is 0 Å². The van der Waals surface area contributed by atoms with E-state index in [4.69, 9.17) is 9.47 Å². The first-order chi connectivity index (χ1) is 16.1. The molecule has 33 heavy (non-hydrogen) atoms. The van der Waals surface area contributed by atoms with Crippen molar-refractivity contribution in [1.29, 1.82) is 0 Å². The molecule has 0 fully saturated rings. The number of H-pyrrole nitrogens is 1. The average Bonchev–Trinajstić information content (AvgIpc) is 3.23. The van der Waals surface area contributed by atoms with Gasteiger partial charge in [-0.15, -0.1) is 0 Å². The number of benzene rings is 3. The lowest BCUT2D eigenvalue weighted by atomic mass is 10.2. The van der Waals surface area contributed by atoms with Gasteiger partial charge in [-0.05, 0) is 55.8 Å². The fourth-order valence-corrected chi connectivity index (χ4v) is 4.06. The van der Waals surface area contributed by atoms with Crippen LogP contribution in [-0.2, 0) is 19.6 Å². The van der Waals surface area contributed by atoms with Crippen molar-refractivity contribution in [2.45, 2.75) is 32.9 Å². The number of hydrogen-bond acceptors (Lipinski definition) is 4. The van der Waals surface area contributed by atoms with Crippen LogP contribution < -0.4 is 14.8 Å². The highest BCUT2D eigenvalue weighted by molar-refractivity contribution is 9.10. The molecule has 2 N–H and O–H groups in total. The number of aromatic amines is 1. The summed E-state index contributed by atoms with van der Waals surface area (Å²) in [7, 11) is 0. The van der Waals surface area contributed by atoms with Gasteiger partial charge in [-0.1, -0.05) is 46.3 Å². The predicted octanol–water partition coefficient (Wildman–Crippen LogP) is 6.16. The Morgan fingerprint density at radius 3 is 2.61 bits per heavy atom. The minimum absolute atomic E-state index is 0.137. The monoisotopic (exact) mass is 511 g/mol. The summed E-state index contributed by atoms with van der Waals surface area (Å²) >= 11 is 3.63. The highest BCUT2D eigenvalue weighted by Crippen LogP contribution is 2.34. The molecule has 0 radical (unpaired) electrons. The summed E-state index contributed by atoms with van der Waals surface area (Å²) in [6.07, 6.45) is 1.86. The second kappa shape index (κ2) is 11.3. The topological polar surface area (TPSA) is 59.2 Å². The maximum atomic E-state index is 13.9. The third-order valence-electron chi connectivity index (χ3n) is 5.27. The molecule has 4 rings (SSSR count). The molecule has 1 heterocycles. The number of nitrogens with zero attached hydrogens (tertiary/aromatic N) is 1. The Hall–Kier alpha value is -2.90. The normalized spacial score (nSPS) is 11.1. The molecule has 172 valence electrons. The van der Waals surface area contributed by atoms with Gasteiger partial charge in [-0.25, -0.2) is 9.37 Å². The molecule has 0 saturated carbocycles. The van der Waals surface area contributed by atoms with Crippen LogP contribution in [-0.4, -0.2) is 23.1 Å². The molecule has 7 heteroatoms. The summed E-state index contributed by atoms with van der Waals surface area (Å²) in [5.74, 6) is 1.96. The standard InChI is InChI=1S/C26H27BrFN3O2/c1-2-32-24-14-19(20(27)15-25(24)33-17-18-8-3-4-9-21(18)28)16-29-13-7-12-26-30-22-10-5-6-11-23(22)31-26/h3-6,8-11,14-15,29H,2,7,12-13,16-17H2,1H3,(H,30,31). The summed E-state index contributed by atoms with van der Waals surface area (Å²) in [5, 5.41) is 3.48. The van der Waals surface area contributed by atoms with E-state index in [2.05, 4.69) is 31.2 Å². The number of imidazole rings is 1. The quantitative estimate of drug-likeness (QED) is 0.236. The van der Waals surface area contributed by atoms with Gasteiger partial charge in [0.15, 0.2) is 11.5 Å². The highest BCUT2D eigenvalue weighted by atomic mass is 79.9. The average molecular weight is 512 g/mol. The molecule has 0 aliphatic carbocycles. The largest absolute Gasteiger partial charge is 0.490 e. The lowest BCUT2D eigenvalue weighted by Crippen LogP contribution is -2.16. The first-order valence-electron chi connectivity index (χ1n) is 11.1. The van der Waals surface area contributed by atoms with E-state index in [0.717, 1.165) is 46.3 Å². The molecular formula is C26H27BrFN3O2. The van der Waals surface area contributed by atoms with Crippen molar-refractivity contribution >= 4 is 27.0 Å². The first kappa shape index (κ1) is 23.3. The van der Waals surface area contributed by atoms with Crippen LogP contribution in [0.1, 0.15) is 30.3 Å². The fourth-order valence-electron chi connectivity index (χ4n) is 3.59. The zero-order valence-electron chi connectivity index (χ0n) is 18.5. The van der Waals surface area contributed by atoms with Gasteiger partial charge in [0.25, 0.3) is 0 Å². The lowest BCUT2D eigenvalue weighted by Gasteiger charge is -2.16. The first-order valence-corrected chi connectivity index (χ1v) is 11.9. The van der Waals surface area contributed by atoms with Crippen molar-refractivity contribution in [1.82, 2.24) is 15.3 Å². The fraction of sp³-hybridized carbons (Fsp3) is 0.269. The van der Waals surface area contributed by atoms with Crippen LogP contribution >= 0.6 is 15.9 Å². The van der Waals surface area contributed by atoms with Gasteiger partial charge in [0.05, 0.1) is 17.6 Å². The van der Waals surface area contributed by atoms with Gasteiger partial charge in [-0.2, -0.15) is 0 Å². The molecule has 5 nitrogen and oxygen atoms in total. The molecule has 0 spiro atoms. The molecular weight excluding hydrogens is 485 g/mol. The van der Waals surface area contributed by atoms with Crippen molar-refractivity contribution in [3.63, 3.8) is 0 Å². The van der Waals surface area contributed by atoms with Crippen LogP contribution in [0.3, 0.4) is 0 Å². The van der Waals surface area contributed by atoms with E-state index in [1.807, 2.05) is 43.3 Å². The number of hydrogen-bond donors (Lipinski definition) is 2. The Bertz CT molecular complexity index is 1180. The second-order valence-corrected chi connectivity index (χ2v) is 8.54. The summed E-state index contributed by atoms with van der Waals surface area (Å²) in [5.41, 5.74) is 3.65. The van der Waals surface area contributed by atoms with Crippen LogP contribution in [0.15, 0.2) is 65.1 Å². The van der Waals surface area contributed by atoms with Crippen molar-refractivity contribution in [2.24, 2.45) is 0 Å². The van der Waals surface area contributed by atoms with Gasteiger partial charge in [0.1, 0.15) is 18.2 Å². The predicted molar refractivity (Wildman–Crippen MR) is 132 cm³/mol. The molecule has 0 bridgehead atoms. The number of aryl methyl sites for hydroxylation is 1. The van der Waals surface area contributed by atoms with E-state index in [9.17, 15) is 4.39 Å². The van der Waals surface area contributed by atoms with Crippen molar-refractivity contribution in [3.8, 4) is 11.5 Å². The Balaban J connectivity index is 1.32. The molecule has 0 amide bonds. The van der Waals surface area contributed by atoms with E-state index in [1.54, 1.807) is 18.2 Å². The molecule has 0 unspecified atom stereocenters. The van der Waals surface area contributed by atoms with E-state index in [0.29, 0.717) is 30.2 Å². The van der Waals surface area contributed by atoms with E-state index in [-0.39, 0.29) is 12.4 Å². The van der Waals surface area contributed by atoms with Gasteiger partial charge in [0, 0.05) is 23.0 Å². The minimum atomic E-state index is -0.280. The third kappa shape index (κ3) is 6.12. The zero-order valence-corrected chi connectivity index (χ0v) is 20.1. The highest BCUT2D eigenvalue weighted by Gasteiger charge is 2.12. The number of fused-ring (bicyclic) bond motifs is 1. The number of ether oxygens (including phenoxy) is 2. The molecule has 4 aromatic rings. The molecule has 3 aromatic carbocycles. The van der Waals surface area contributed by atoms with Crippen molar-refractivity contribution < 1.29 is 13.9 Å². The van der Waals surface area contributed by atoms with Crippen molar-refractivity contribution in [3.05, 3.63) is 87.9 Å². The smallest absolute Gasteiger partial charge is 0.162 e. The number of nitrogens with one attached hydrogen (secondary N) is 2. The van der Waals surface area contributed by atoms with Crippen LogP contribution in [0.25, 0.3) is 11.0 Å². The van der Waals surface area contributed by atoms with Crippen LogP contribution in [0.4, 0.5) is 4.39 Å². The summed E-state index contributed by atoms with van der Waals surface area (Å²) in [4.78, 5) is 7.99. The Labute approximate surface area is 201 Å². The number of aromatic nitrogens is 2. The summed E-state index contributed by atoms with van der Waals surface area (Å²) in [6.45, 7) is 4.13. The van der Waals surface area contributed by atoms with E-state index in [1.165, 1.54) is 6.07 Å². The van der Waals surface area contributed by atoms with Crippen LogP contribution in [0, 0.1) is 5.82 Å². The van der Waals surface area contributed by atoms with E-state index < -0.39 is 0 Å². The maximum absolute atomic E-state index is 13.9. The Morgan fingerprint density at radius 1 is 1.00 bits per heavy atom. The SMILES string of the molecule is CCOc1cc(CNCCCc2nc3ccccc3[nH]2)c(Br)cc1OCc1ccccc1F. The molecule has 0 atom stereocenters. The molecule has 1 aromatic heterocycles. The van der Waals surface area contributed by atoms with Crippen LogP contribution in [0.2, 0.25) is 0 Å². The van der Waals surface area contributed by atoms with Gasteiger partial charge < -0.3 is 19.8 Å². The zero-order chi connectivity index (χ0) is 23.0. The van der Waals surface area contributed by atoms with Gasteiger partial charge in [-0.3, -0.25) is 0 Å². The van der Waals surface area contributed by atoms with E-state index >= 15 is 0 Å². The number of halogens is 2. The summed E-state index contributed by atoms with van der Waals surface area (Å²) in [6, 6.07) is 18.5. The number of rotatable bonds is 11. The number of para-hydroxylation sites is 2. The van der Waals surface area contributed by atoms with Gasteiger partial charge in [0.2, 0.25) is 0 Å². The molecule has 0 aliphatic rings. The summed E-state index contributed by atoms with van der Waals surface area (Å²) < 4.78 is 26.5. The van der Waals surface area contributed by atoms with Crippen molar-refractivity contribution in [2.75, 3.05) is 13.2 Å². The second-order valence-electron chi connectivity index (χ2n) is 7.68. The third-order valence-corrected chi connectivity index (χ3v) is 6.01. The lowest BCUT2D eigenvalue weighted by molar-refractivity contribution is 0.265. The molecule has 0 aliphatic heterocycles. The maximum Gasteiger partial charge on any atom is 0.162 e. The minimum Gasteiger partial charge on any atom is -0.490 e. The van der Waals surface area contributed by atoms with Crippen LogP contribution in [0.5, 0.6) is 11.5 Å².